The minimum Gasteiger partial charge on any atom is -0.366 e. The summed E-state index contributed by atoms with van der Waals surface area (Å²) in [7, 11) is 0. The van der Waals surface area contributed by atoms with Gasteiger partial charge in [-0.05, 0) is 46.2 Å². The van der Waals surface area contributed by atoms with Gasteiger partial charge in [0.1, 0.15) is 5.65 Å². The van der Waals surface area contributed by atoms with E-state index in [2.05, 4.69) is 32.9 Å². The van der Waals surface area contributed by atoms with Gasteiger partial charge in [0.25, 0.3) is 0 Å². The Morgan fingerprint density at radius 3 is 2.61 bits per heavy atom. The van der Waals surface area contributed by atoms with E-state index in [1.165, 1.54) is 5.56 Å². The second-order valence-electron chi connectivity index (χ2n) is 5.28. The molecule has 112 valence electrons. The van der Waals surface area contributed by atoms with E-state index < -0.39 is 5.91 Å². The molecule has 0 saturated carbocycles. The number of primary amides is 1. The van der Waals surface area contributed by atoms with Crippen LogP contribution in [0, 0.1) is 0 Å². The lowest BCUT2D eigenvalue weighted by atomic mass is 10.0. The molecule has 3 aromatic heterocycles. The highest BCUT2D eigenvalue weighted by atomic mass is 32.1. The average molecular weight is 319 g/mol. The molecule has 5 heteroatoms. The molecule has 23 heavy (non-hydrogen) atoms. The van der Waals surface area contributed by atoms with Crippen molar-refractivity contribution >= 4 is 28.3 Å². The Labute approximate surface area is 136 Å². The maximum absolute atomic E-state index is 11.2. The van der Waals surface area contributed by atoms with Crippen LogP contribution in [0.2, 0.25) is 0 Å². The monoisotopic (exact) mass is 319 g/mol. The third kappa shape index (κ3) is 2.41. The van der Waals surface area contributed by atoms with Gasteiger partial charge in [-0.25, -0.2) is 4.98 Å². The summed E-state index contributed by atoms with van der Waals surface area (Å²) in [5.74, 6) is -0.420. The highest BCUT2D eigenvalue weighted by Crippen LogP contribution is 2.31. The molecule has 0 radical (unpaired) electrons. The fraction of sp³-hybridized carbons (Fsp3) is 0. The number of aromatic nitrogens is 2. The Bertz CT molecular complexity index is 985. The van der Waals surface area contributed by atoms with E-state index in [1.54, 1.807) is 23.5 Å². The third-order valence-corrected chi connectivity index (χ3v) is 4.55. The minimum absolute atomic E-state index is 0.420. The highest BCUT2D eigenvalue weighted by molar-refractivity contribution is 7.08. The van der Waals surface area contributed by atoms with E-state index in [0.29, 0.717) is 5.56 Å². The van der Waals surface area contributed by atoms with Gasteiger partial charge in [-0.1, -0.05) is 12.1 Å². The van der Waals surface area contributed by atoms with Crippen LogP contribution in [0.4, 0.5) is 0 Å². The van der Waals surface area contributed by atoms with Gasteiger partial charge in [0.15, 0.2) is 0 Å². The van der Waals surface area contributed by atoms with Crippen molar-refractivity contribution in [3.8, 4) is 22.3 Å². The van der Waals surface area contributed by atoms with E-state index in [4.69, 9.17) is 5.73 Å². The van der Waals surface area contributed by atoms with Crippen LogP contribution < -0.4 is 5.73 Å². The zero-order chi connectivity index (χ0) is 15.8. The van der Waals surface area contributed by atoms with E-state index in [1.807, 2.05) is 24.5 Å². The van der Waals surface area contributed by atoms with Crippen molar-refractivity contribution < 1.29 is 4.79 Å². The predicted octanol–water partition coefficient (Wildman–Crippen LogP) is 4.06. The summed E-state index contributed by atoms with van der Waals surface area (Å²) in [6.45, 7) is 0. The average Bonchev–Trinajstić information content (AvgIpc) is 3.24. The van der Waals surface area contributed by atoms with Crippen LogP contribution in [0.25, 0.3) is 33.3 Å². The summed E-state index contributed by atoms with van der Waals surface area (Å²) >= 11 is 1.67. The fourth-order valence-corrected chi connectivity index (χ4v) is 3.31. The molecule has 4 nitrogen and oxygen atoms in total. The fourth-order valence-electron chi connectivity index (χ4n) is 2.64. The standard InChI is InChI=1S/C18H13N3OS/c19-17(22)12-3-1-11(2-4-12)16-9-21-18-15(16)7-14(8-20-18)13-5-6-23-10-13/h1-10H,(H2,19,22)(H,20,21). The minimum atomic E-state index is -0.420. The number of nitrogens with one attached hydrogen (secondary N) is 1. The largest absolute Gasteiger partial charge is 0.366 e. The molecule has 0 aliphatic carbocycles. The maximum atomic E-state index is 11.2. The molecule has 3 heterocycles. The maximum Gasteiger partial charge on any atom is 0.248 e. The van der Waals surface area contributed by atoms with Crippen LogP contribution >= 0.6 is 11.3 Å². The number of aromatic amines is 1. The number of benzene rings is 1. The number of nitrogens with zero attached hydrogens (tertiary/aromatic N) is 1. The summed E-state index contributed by atoms with van der Waals surface area (Å²) in [5.41, 5.74) is 11.0. The number of nitrogens with two attached hydrogens (primary N) is 1. The smallest absolute Gasteiger partial charge is 0.248 e. The van der Waals surface area contributed by atoms with Gasteiger partial charge in [-0.15, -0.1) is 0 Å². The van der Waals surface area contributed by atoms with Gasteiger partial charge in [0, 0.05) is 34.5 Å². The number of pyridine rings is 1. The number of H-pyrrole nitrogens is 1. The number of carbonyl (C=O) groups excluding carboxylic acids is 1. The Morgan fingerprint density at radius 1 is 1.09 bits per heavy atom. The number of rotatable bonds is 3. The van der Waals surface area contributed by atoms with Gasteiger partial charge < -0.3 is 10.7 Å². The van der Waals surface area contributed by atoms with E-state index in [-0.39, 0.29) is 0 Å². The lowest BCUT2D eigenvalue weighted by molar-refractivity contribution is 0.100. The molecular weight excluding hydrogens is 306 g/mol. The van der Waals surface area contributed by atoms with Crippen LogP contribution in [0.3, 0.4) is 0 Å². The molecule has 0 aliphatic heterocycles. The molecule has 1 amide bonds. The second-order valence-corrected chi connectivity index (χ2v) is 6.06. The molecule has 0 bridgehead atoms. The molecule has 0 atom stereocenters. The van der Waals surface area contributed by atoms with Crippen LogP contribution in [0.15, 0.2) is 59.6 Å². The van der Waals surface area contributed by atoms with Crippen LogP contribution in [0.5, 0.6) is 0 Å². The lowest BCUT2D eigenvalue weighted by Gasteiger charge is -2.03. The molecule has 0 unspecified atom stereocenters. The van der Waals surface area contributed by atoms with Gasteiger partial charge in [-0.3, -0.25) is 4.79 Å². The normalized spacial score (nSPS) is 11.0. The number of hydrogen-bond donors (Lipinski definition) is 2. The second kappa shape index (κ2) is 5.37. The summed E-state index contributed by atoms with van der Waals surface area (Å²) in [6.07, 6.45) is 3.81. The quantitative estimate of drug-likeness (QED) is 0.598. The number of hydrogen-bond acceptors (Lipinski definition) is 3. The molecule has 3 N–H and O–H groups in total. The van der Waals surface area contributed by atoms with Gasteiger partial charge >= 0.3 is 0 Å². The number of thiophene rings is 1. The van der Waals surface area contributed by atoms with Crippen molar-refractivity contribution in [3.05, 3.63) is 65.1 Å². The zero-order valence-corrected chi connectivity index (χ0v) is 12.9. The number of carbonyl (C=O) groups is 1. The van der Waals surface area contributed by atoms with E-state index in [9.17, 15) is 4.79 Å². The zero-order valence-electron chi connectivity index (χ0n) is 12.1. The Hall–Kier alpha value is -2.92. The number of amides is 1. The first-order valence-corrected chi connectivity index (χ1v) is 8.06. The molecule has 4 rings (SSSR count). The van der Waals surface area contributed by atoms with Crippen LogP contribution in [-0.4, -0.2) is 15.9 Å². The van der Waals surface area contributed by atoms with Crippen LogP contribution in [0.1, 0.15) is 10.4 Å². The highest BCUT2D eigenvalue weighted by Gasteiger charge is 2.10. The molecule has 0 fully saturated rings. The summed E-state index contributed by atoms with van der Waals surface area (Å²) in [5, 5.41) is 5.22. The van der Waals surface area contributed by atoms with Crippen LogP contribution in [-0.2, 0) is 0 Å². The van der Waals surface area contributed by atoms with Crippen molar-refractivity contribution in [1.82, 2.24) is 9.97 Å². The molecule has 1 aromatic carbocycles. The van der Waals surface area contributed by atoms with Gasteiger partial charge in [0.2, 0.25) is 5.91 Å². The SMILES string of the molecule is NC(=O)c1ccc(-c2c[nH]c3ncc(-c4ccsc4)cc23)cc1. The first kappa shape index (κ1) is 13.7. The molecule has 0 spiro atoms. The van der Waals surface area contributed by atoms with Crippen molar-refractivity contribution in [3.63, 3.8) is 0 Å². The van der Waals surface area contributed by atoms with Crippen molar-refractivity contribution in [2.24, 2.45) is 5.73 Å². The van der Waals surface area contributed by atoms with E-state index in [0.717, 1.165) is 27.7 Å². The lowest BCUT2D eigenvalue weighted by Crippen LogP contribution is -2.10. The molecular formula is C18H13N3OS. The molecule has 0 saturated heterocycles. The Kier molecular flexibility index (Phi) is 3.20. The third-order valence-electron chi connectivity index (χ3n) is 3.87. The Balaban J connectivity index is 1.83. The molecule has 0 aliphatic rings. The molecule has 4 aromatic rings. The van der Waals surface area contributed by atoms with Gasteiger partial charge in [-0.2, -0.15) is 11.3 Å². The Morgan fingerprint density at radius 2 is 1.91 bits per heavy atom. The van der Waals surface area contributed by atoms with Crippen molar-refractivity contribution in [2.75, 3.05) is 0 Å². The van der Waals surface area contributed by atoms with Gasteiger partial charge in [0.05, 0.1) is 0 Å². The first-order valence-electron chi connectivity index (χ1n) is 7.12. The topological polar surface area (TPSA) is 71.8 Å². The summed E-state index contributed by atoms with van der Waals surface area (Å²) in [6, 6.07) is 11.5. The van der Waals surface area contributed by atoms with Crippen molar-refractivity contribution in [2.45, 2.75) is 0 Å². The summed E-state index contributed by atoms with van der Waals surface area (Å²) in [4.78, 5) is 18.9. The summed E-state index contributed by atoms with van der Waals surface area (Å²) < 4.78 is 0. The van der Waals surface area contributed by atoms with Crippen molar-refractivity contribution in [1.29, 1.82) is 0 Å². The number of fused-ring (bicyclic) bond motifs is 1. The first-order chi connectivity index (χ1) is 11.2. The predicted molar refractivity (Wildman–Crippen MR) is 93.4 cm³/mol. The van der Waals surface area contributed by atoms with E-state index >= 15 is 0 Å².